The molecule has 1 aliphatic heterocycles. The number of carbonyl (C=O) groups excluding carboxylic acids is 2. The maximum Gasteiger partial charge on any atom is 0.235 e. The number of benzene rings is 1. The fourth-order valence-electron chi connectivity index (χ4n) is 2.99. The summed E-state index contributed by atoms with van der Waals surface area (Å²) in [5.74, 6) is -0.381. The molecule has 1 saturated heterocycles. The summed E-state index contributed by atoms with van der Waals surface area (Å²) in [6.45, 7) is 4.93. The van der Waals surface area contributed by atoms with Crippen LogP contribution in [0, 0.1) is 5.41 Å². The van der Waals surface area contributed by atoms with Crippen LogP contribution in [0.15, 0.2) is 24.3 Å². The van der Waals surface area contributed by atoms with Gasteiger partial charge in [0.25, 0.3) is 0 Å². The summed E-state index contributed by atoms with van der Waals surface area (Å²) < 4.78 is 5.30. The topological polar surface area (TPSA) is 70.7 Å². The predicted molar refractivity (Wildman–Crippen MR) is 95.2 cm³/mol. The first kappa shape index (κ1) is 18.2. The van der Waals surface area contributed by atoms with E-state index < -0.39 is 5.41 Å². The molecule has 0 unspecified atom stereocenters. The maximum absolute atomic E-state index is 12.5. The highest BCUT2D eigenvalue weighted by molar-refractivity contribution is 6.31. The second-order valence-corrected chi connectivity index (χ2v) is 6.97. The highest BCUT2D eigenvalue weighted by atomic mass is 35.5. The average Bonchev–Trinajstić information content (AvgIpc) is 3.44. The Morgan fingerprint density at radius 3 is 2.48 bits per heavy atom. The van der Waals surface area contributed by atoms with Crippen molar-refractivity contribution < 1.29 is 14.3 Å². The molecule has 1 aromatic carbocycles. The van der Waals surface area contributed by atoms with Crippen LogP contribution in [0.25, 0.3) is 0 Å². The number of nitrogens with one attached hydrogen (secondary N) is 2. The number of morpholine rings is 1. The third-order valence-electron chi connectivity index (χ3n) is 4.83. The Kier molecular flexibility index (Phi) is 5.93. The minimum absolute atomic E-state index is 0.169. The lowest BCUT2D eigenvalue weighted by Crippen LogP contribution is -2.46. The van der Waals surface area contributed by atoms with Crippen LogP contribution in [0.5, 0.6) is 0 Å². The number of nitrogens with zero attached hydrogens (tertiary/aromatic N) is 1. The molecule has 2 aliphatic rings. The Morgan fingerprint density at radius 1 is 1.12 bits per heavy atom. The van der Waals surface area contributed by atoms with E-state index in [9.17, 15) is 9.59 Å². The van der Waals surface area contributed by atoms with Gasteiger partial charge in [-0.05, 0) is 24.5 Å². The van der Waals surface area contributed by atoms with Crippen molar-refractivity contribution in [1.29, 1.82) is 0 Å². The largest absolute Gasteiger partial charge is 0.379 e. The highest BCUT2D eigenvalue weighted by Crippen LogP contribution is 2.46. The molecule has 2 amide bonds. The second-order valence-electron chi connectivity index (χ2n) is 6.57. The standard InChI is InChI=1S/C18H24ClN3O3/c19-15-4-2-1-3-14(15)13-21-17(24)18(5-6-18)16(23)20-7-8-22-9-11-25-12-10-22/h1-4H,5-13H2,(H,20,23)(H,21,24). The molecule has 25 heavy (non-hydrogen) atoms. The van der Waals surface area contributed by atoms with Crippen LogP contribution >= 0.6 is 11.6 Å². The summed E-state index contributed by atoms with van der Waals surface area (Å²) in [7, 11) is 0. The zero-order valence-corrected chi connectivity index (χ0v) is 15.0. The van der Waals surface area contributed by atoms with E-state index in [1.54, 1.807) is 6.07 Å². The summed E-state index contributed by atoms with van der Waals surface area (Å²) in [6.07, 6.45) is 1.20. The van der Waals surface area contributed by atoms with Crippen molar-refractivity contribution in [1.82, 2.24) is 15.5 Å². The molecule has 6 nitrogen and oxygen atoms in total. The van der Waals surface area contributed by atoms with Gasteiger partial charge in [-0.25, -0.2) is 0 Å². The molecule has 1 aromatic rings. The highest BCUT2D eigenvalue weighted by Gasteiger charge is 2.56. The van der Waals surface area contributed by atoms with Crippen LogP contribution in [0.1, 0.15) is 18.4 Å². The molecular formula is C18H24ClN3O3. The van der Waals surface area contributed by atoms with Crippen molar-refractivity contribution in [3.05, 3.63) is 34.9 Å². The lowest BCUT2D eigenvalue weighted by atomic mass is 10.0. The van der Waals surface area contributed by atoms with Gasteiger partial charge in [-0.3, -0.25) is 14.5 Å². The van der Waals surface area contributed by atoms with Crippen LogP contribution in [0.2, 0.25) is 5.02 Å². The average molecular weight is 366 g/mol. The van der Waals surface area contributed by atoms with Gasteiger partial charge in [0.1, 0.15) is 5.41 Å². The van der Waals surface area contributed by atoms with Crippen LogP contribution in [-0.2, 0) is 20.9 Å². The van der Waals surface area contributed by atoms with E-state index in [4.69, 9.17) is 16.3 Å². The van der Waals surface area contributed by atoms with Crippen LogP contribution < -0.4 is 10.6 Å². The van der Waals surface area contributed by atoms with Gasteiger partial charge in [-0.1, -0.05) is 29.8 Å². The number of hydrogen-bond acceptors (Lipinski definition) is 4. The molecule has 1 aliphatic carbocycles. The summed E-state index contributed by atoms with van der Waals surface area (Å²) in [5, 5.41) is 6.38. The first-order valence-corrected chi connectivity index (χ1v) is 9.10. The number of halogens is 1. The van der Waals surface area contributed by atoms with E-state index in [1.165, 1.54) is 0 Å². The molecule has 0 radical (unpaired) electrons. The summed E-state index contributed by atoms with van der Waals surface area (Å²) in [6, 6.07) is 7.37. The Labute approximate surface area is 152 Å². The first-order valence-electron chi connectivity index (χ1n) is 8.72. The van der Waals surface area contributed by atoms with E-state index in [-0.39, 0.29) is 11.8 Å². The molecular weight excluding hydrogens is 342 g/mol. The molecule has 7 heteroatoms. The molecule has 0 aromatic heterocycles. The van der Waals surface area contributed by atoms with Crippen molar-refractivity contribution in [2.24, 2.45) is 5.41 Å². The van der Waals surface area contributed by atoms with Crippen LogP contribution in [0.4, 0.5) is 0 Å². The zero-order valence-electron chi connectivity index (χ0n) is 14.2. The number of carbonyl (C=O) groups is 2. The number of ether oxygens (including phenoxy) is 1. The van der Waals surface area contributed by atoms with Crippen molar-refractivity contribution in [2.75, 3.05) is 39.4 Å². The Hall–Kier alpha value is -1.63. The van der Waals surface area contributed by atoms with E-state index >= 15 is 0 Å². The van der Waals surface area contributed by atoms with Gasteiger partial charge in [0.15, 0.2) is 0 Å². The lowest BCUT2D eigenvalue weighted by Gasteiger charge is -2.26. The van der Waals surface area contributed by atoms with Gasteiger partial charge in [0.2, 0.25) is 11.8 Å². The molecule has 2 fully saturated rings. The number of rotatable bonds is 7. The summed E-state index contributed by atoms with van der Waals surface area (Å²) >= 11 is 6.10. The molecule has 3 rings (SSSR count). The zero-order chi connectivity index (χ0) is 17.7. The van der Waals surface area contributed by atoms with Crippen LogP contribution in [-0.4, -0.2) is 56.1 Å². The van der Waals surface area contributed by atoms with Gasteiger partial charge in [0, 0.05) is 37.7 Å². The predicted octanol–water partition coefficient (Wildman–Crippen LogP) is 1.18. The Balaban J connectivity index is 1.44. The van der Waals surface area contributed by atoms with E-state index in [0.717, 1.165) is 38.4 Å². The number of amides is 2. The minimum atomic E-state index is -0.897. The van der Waals surface area contributed by atoms with E-state index in [0.29, 0.717) is 31.0 Å². The second kappa shape index (κ2) is 8.17. The Morgan fingerprint density at radius 2 is 1.80 bits per heavy atom. The summed E-state index contributed by atoms with van der Waals surface area (Å²) in [4.78, 5) is 27.2. The number of hydrogen-bond donors (Lipinski definition) is 2. The van der Waals surface area contributed by atoms with Gasteiger partial charge >= 0.3 is 0 Å². The third kappa shape index (κ3) is 4.51. The van der Waals surface area contributed by atoms with Gasteiger partial charge in [-0.15, -0.1) is 0 Å². The monoisotopic (exact) mass is 365 g/mol. The molecule has 0 spiro atoms. The SMILES string of the molecule is O=C(NCCN1CCOCC1)C1(C(=O)NCc2ccccc2Cl)CC1. The lowest BCUT2D eigenvalue weighted by molar-refractivity contribution is -0.137. The third-order valence-corrected chi connectivity index (χ3v) is 5.20. The van der Waals surface area contributed by atoms with Gasteiger partial charge < -0.3 is 15.4 Å². The smallest absolute Gasteiger partial charge is 0.235 e. The first-order chi connectivity index (χ1) is 12.1. The molecule has 0 bridgehead atoms. The van der Waals surface area contributed by atoms with Gasteiger partial charge in [0.05, 0.1) is 13.2 Å². The van der Waals surface area contributed by atoms with E-state index in [1.807, 2.05) is 18.2 Å². The van der Waals surface area contributed by atoms with E-state index in [2.05, 4.69) is 15.5 Å². The molecule has 1 heterocycles. The minimum Gasteiger partial charge on any atom is -0.379 e. The molecule has 136 valence electrons. The summed E-state index contributed by atoms with van der Waals surface area (Å²) in [5.41, 5.74) is -0.0484. The quantitative estimate of drug-likeness (QED) is 0.712. The molecule has 2 N–H and O–H groups in total. The van der Waals surface area contributed by atoms with Crippen molar-refractivity contribution in [2.45, 2.75) is 19.4 Å². The van der Waals surface area contributed by atoms with Gasteiger partial charge in [-0.2, -0.15) is 0 Å². The molecule has 0 atom stereocenters. The Bertz CT molecular complexity index is 628. The normalized spacial score (nSPS) is 19.2. The van der Waals surface area contributed by atoms with Crippen molar-refractivity contribution >= 4 is 23.4 Å². The fraction of sp³-hybridized carbons (Fsp3) is 0.556. The maximum atomic E-state index is 12.5. The fourth-order valence-corrected chi connectivity index (χ4v) is 3.19. The molecule has 1 saturated carbocycles. The van der Waals surface area contributed by atoms with Crippen molar-refractivity contribution in [3.63, 3.8) is 0 Å². The van der Waals surface area contributed by atoms with Crippen LogP contribution in [0.3, 0.4) is 0 Å². The van der Waals surface area contributed by atoms with Crippen molar-refractivity contribution in [3.8, 4) is 0 Å².